The van der Waals surface area contributed by atoms with Gasteiger partial charge in [-0.2, -0.15) is 0 Å². The summed E-state index contributed by atoms with van der Waals surface area (Å²) in [5.41, 5.74) is 2.22. The Morgan fingerprint density at radius 3 is 2.32 bits per heavy atom. The van der Waals surface area contributed by atoms with Crippen LogP contribution in [0.3, 0.4) is 0 Å². The van der Waals surface area contributed by atoms with Gasteiger partial charge in [-0.25, -0.2) is 0 Å². The molecule has 0 unspecified atom stereocenters. The van der Waals surface area contributed by atoms with E-state index < -0.39 is 6.04 Å². The lowest BCUT2D eigenvalue weighted by molar-refractivity contribution is -0.141. The minimum absolute atomic E-state index is 0.0158. The van der Waals surface area contributed by atoms with Crippen molar-refractivity contribution in [2.45, 2.75) is 51.1 Å². The molecule has 5 heteroatoms. The van der Waals surface area contributed by atoms with Crippen LogP contribution in [0, 0.1) is 6.92 Å². The summed E-state index contributed by atoms with van der Waals surface area (Å²) in [6.07, 6.45) is 0.997. The SMILES string of the molecule is CCNC(=O)[C@@H](CC)N(Cc1ccc(C)cc1)C(=O)CCSc1ccccc1. The zero-order valence-corrected chi connectivity index (χ0v) is 17.8. The number of amides is 2. The molecule has 0 aliphatic heterocycles. The van der Waals surface area contributed by atoms with E-state index in [0.29, 0.717) is 31.7 Å². The number of thioether (sulfide) groups is 1. The Hall–Kier alpha value is -2.27. The first-order valence-electron chi connectivity index (χ1n) is 9.85. The number of likely N-dealkylation sites (N-methyl/N-ethyl adjacent to an activating group) is 1. The summed E-state index contributed by atoms with van der Waals surface area (Å²) in [5, 5.41) is 2.87. The largest absolute Gasteiger partial charge is 0.355 e. The standard InChI is InChI=1S/C23H30N2O2S/c1-4-21(23(27)24-5-2)25(17-19-13-11-18(3)12-14-19)22(26)15-16-28-20-9-7-6-8-10-20/h6-14,21H,4-5,15-17H2,1-3H3,(H,24,27)/t21-/m1/s1. The molecule has 0 fully saturated rings. The Kier molecular flexibility index (Phi) is 9.08. The lowest BCUT2D eigenvalue weighted by Crippen LogP contribution is -2.49. The van der Waals surface area contributed by atoms with Crippen molar-refractivity contribution in [2.75, 3.05) is 12.3 Å². The van der Waals surface area contributed by atoms with Gasteiger partial charge >= 0.3 is 0 Å². The molecule has 0 aliphatic carbocycles. The van der Waals surface area contributed by atoms with Gasteiger partial charge in [-0.3, -0.25) is 9.59 Å². The van der Waals surface area contributed by atoms with Crippen molar-refractivity contribution in [2.24, 2.45) is 0 Å². The summed E-state index contributed by atoms with van der Waals surface area (Å²) < 4.78 is 0. The summed E-state index contributed by atoms with van der Waals surface area (Å²) in [6, 6.07) is 17.7. The number of nitrogens with one attached hydrogen (secondary N) is 1. The van der Waals surface area contributed by atoms with Crippen LogP contribution in [-0.4, -0.2) is 35.1 Å². The van der Waals surface area contributed by atoms with Crippen molar-refractivity contribution in [1.29, 1.82) is 0 Å². The van der Waals surface area contributed by atoms with Crippen LogP contribution in [0.2, 0.25) is 0 Å². The van der Waals surface area contributed by atoms with Gasteiger partial charge in [0.2, 0.25) is 11.8 Å². The van der Waals surface area contributed by atoms with Gasteiger partial charge in [-0.1, -0.05) is 55.0 Å². The third-order valence-corrected chi connectivity index (χ3v) is 5.55. The fraction of sp³-hybridized carbons (Fsp3) is 0.391. The van der Waals surface area contributed by atoms with Crippen LogP contribution in [0.15, 0.2) is 59.5 Å². The normalized spacial score (nSPS) is 11.7. The lowest BCUT2D eigenvalue weighted by atomic mass is 10.1. The third kappa shape index (κ3) is 6.71. The smallest absolute Gasteiger partial charge is 0.242 e. The number of carbonyl (C=O) groups excluding carboxylic acids is 2. The van der Waals surface area contributed by atoms with Gasteiger partial charge in [0.25, 0.3) is 0 Å². The fourth-order valence-corrected chi connectivity index (χ4v) is 3.88. The molecule has 2 rings (SSSR count). The number of hydrogen-bond donors (Lipinski definition) is 1. The first-order chi connectivity index (χ1) is 13.5. The minimum atomic E-state index is -0.449. The lowest BCUT2D eigenvalue weighted by Gasteiger charge is -2.30. The van der Waals surface area contributed by atoms with E-state index in [1.165, 1.54) is 5.56 Å². The molecule has 0 spiro atoms. The topological polar surface area (TPSA) is 49.4 Å². The van der Waals surface area contributed by atoms with Crippen LogP contribution >= 0.6 is 11.8 Å². The average molecular weight is 399 g/mol. The van der Waals surface area contributed by atoms with Crippen LogP contribution in [0.4, 0.5) is 0 Å². The minimum Gasteiger partial charge on any atom is -0.355 e. The van der Waals surface area contributed by atoms with Gasteiger partial charge in [0, 0.05) is 30.2 Å². The highest BCUT2D eigenvalue weighted by atomic mass is 32.2. The van der Waals surface area contributed by atoms with Gasteiger partial charge in [0.15, 0.2) is 0 Å². The maximum absolute atomic E-state index is 13.0. The molecule has 2 amide bonds. The number of nitrogens with zero attached hydrogens (tertiary/aromatic N) is 1. The van der Waals surface area contributed by atoms with Crippen molar-refractivity contribution in [1.82, 2.24) is 10.2 Å². The van der Waals surface area contributed by atoms with Crippen LogP contribution in [0.25, 0.3) is 0 Å². The van der Waals surface area contributed by atoms with Gasteiger partial charge in [-0.05, 0) is 38.0 Å². The van der Waals surface area contributed by atoms with E-state index in [9.17, 15) is 9.59 Å². The molecule has 2 aromatic carbocycles. The second kappa shape index (κ2) is 11.5. The molecule has 0 saturated heterocycles. The second-order valence-electron chi connectivity index (χ2n) is 6.74. The molecule has 0 aromatic heterocycles. The molecule has 0 saturated carbocycles. The molecule has 0 heterocycles. The van der Waals surface area contributed by atoms with Gasteiger partial charge in [0.1, 0.15) is 6.04 Å². The predicted octanol–water partition coefficient (Wildman–Crippen LogP) is 4.42. The number of aryl methyl sites for hydroxylation is 1. The van der Waals surface area contributed by atoms with Crippen LogP contribution < -0.4 is 5.32 Å². The van der Waals surface area contributed by atoms with E-state index >= 15 is 0 Å². The molecule has 1 atom stereocenters. The predicted molar refractivity (Wildman–Crippen MR) is 116 cm³/mol. The van der Waals surface area contributed by atoms with E-state index in [1.807, 2.05) is 75.4 Å². The molecule has 28 heavy (non-hydrogen) atoms. The van der Waals surface area contributed by atoms with E-state index in [1.54, 1.807) is 16.7 Å². The van der Waals surface area contributed by atoms with Crippen molar-refractivity contribution < 1.29 is 9.59 Å². The van der Waals surface area contributed by atoms with Crippen molar-refractivity contribution in [3.05, 3.63) is 65.7 Å². The van der Waals surface area contributed by atoms with Gasteiger partial charge in [0.05, 0.1) is 0 Å². The van der Waals surface area contributed by atoms with Gasteiger partial charge < -0.3 is 10.2 Å². The molecule has 1 N–H and O–H groups in total. The highest BCUT2D eigenvalue weighted by molar-refractivity contribution is 7.99. The number of hydrogen-bond acceptors (Lipinski definition) is 3. The summed E-state index contributed by atoms with van der Waals surface area (Å²) in [6.45, 7) is 6.90. The van der Waals surface area contributed by atoms with Crippen LogP contribution in [0.1, 0.15) is 37.8 Å². The Labute approximate surface area is 172 Å². The number of benzene rings is 2. The highest BCUT2D eigenvalue weighted by Gasteiger charge is 2.27. The monoisotopic (exact) mass is 398 g/mol. The first-order valence-corrected chi connectivity index (χ1v) is 10.8. The molecular weight excluding hydrogens is 368 g/mol. The summed E-state index contributed by atoms with van der Waals surface area (Å²) in [5.74, 6) is 0.627. The van der Waals surface area contributed by atoms with E-state index in [2.05, 4.69) is 5.32 Å². The first kappa shape index (κ1) is 22.0. The maximum Gasteiger partial charge on any atom is 0.242 e. The zero-order valence-electron chi connectivity index (χ0n) is 17.0. The average Bonchev–Trinajstić information content (AvgIpc) is 2.70. The summed E-state index contributed by atoms with van der Waals surface area (Å²) in [4.78, 5) is 28.5. The summed E-state index contributed by atoms with van der Waals surface area (Å²) in [7, 11) is 0. The third-order valence-electron chi connectivity index (χ3n) is 4.54. The Morgan fingerprint density at radius 1 is 1.04 bits per heavy atom. The Balaban J connectivity index is 2.09. The molecule has 2 aromatic rings. The second-order valence-corrected chi connectivity index (χ2v) is 7.91. The molecule has 0 aliphatic rings. The molecule has 150 valence electrons. The Bertz CT molecular complexity index is 747. The maximum atomic E-state index is 13.0. The van der Waals surface area contributed by atoms with E-state index in [4.69, 9.17) is 0 Å². The fourth-order valence-electron chi connectivity index (χ4n) is 3.02. The zero-order chi connectivity index (χ0) is 20.4. The van der Waals surface area contributed by atoms with Crippen LogP contribution in [0.5, 0.6) is 0 Å². The highest BCUT2D eigenvalue weighted by Crippen LogP contribution is 2.20. The van der Waals surface area contributed by atoms with Crippen LogP contribution in [-0.2, 0) is 16.1 Å². The number of rotatable bonds is 10. The van der Waals surface area contributed by atoms with Gasteiger partial charge in [-0.15, -0.1) is 11.8 Å². The van der Waals surface area contributed by atoms with E-state index in [0.717, 1.165) is 10.5 Å². The van der Waals surface area contributed by atoms with Crippen molar-refractivity contribution in [3.8, 4) is 0 Å². The van der Waals surface area contributed by atoms with E-state index in [-0.39, 0.29) is 11.8 Å². The summed E-state index contributed by atoms with van der Waals surface area (Å²) >= 11 is 1.66. The Morgan fingerprint density at radius 2 is 1.71 bits per heavy atom. The quantitative estimate of drug-likeness (QED) is 0.603. The van der Waals surface area contributed by atoms with Crippen molar-refractivity contribution >= 4 is 23.6 Å². The molecule has 0 radical (unpaired) electrons. The molecule has 4 nitrogen and oxygen atoms in total. The van der Waals surface area contributed by atoms with Crippen molar-refractivity contribution in [3.63, 3.8) is 0 Å². The number of carbonyl (C=O) groups is 2. The molecule has 0 bridgehead atoms. The molecular formula is C23H30N2O2S.